The van der Waals surface area contributed by atoms with Crippen molar-refractivity contribution in [3.05, 3.63) is 78.3 Å². The summed E-state index contributed by atoms with van der Waals surface area (Å²) in [5.74, 6) is -1.66. The third-order valence-electron chi connectivity index (χ3n) is 5.25. The Labute approximate surface area is 216 Å². The molecular weight excluding hydrogens is 511 g/mol. The summed E-state index contributed by atoms with van der Waals surface area (Å²) in [4.78, 5) is 52.2. The van der Waals surface area contributed by atoms with Crippen LogP contribution in [0.15, 0.2) is 46.2 Å². The zero-order chi connectivity index (χ0) is 26.2. The van der Waals surface area contributed by atoms with Gasteiger partial charge in [0.1, 0.15) is 17.4 Å². The van der Waals surface area contributed by atoms with E-state index in [4.69, 9.17) is 27.9 Å². The topological polar surface area (TPSA) is 147 Å². The van der Waals surface area contributed by atoms with Crippen LogP contribution in [0.25, 0.3) is 0 Å². The first-order valence-electron chi connectivity index (χ1n) is 11.1. The molecule has 3 rings (SSSR count). The third kappa shape index (κ3) is 6.60. The number of hydrogen-bond acceptors (Lipinski definition) is 8. The van der Waals surface area contributed by atoms with Crippen LogP contribution in [0, 0.1) is 0 Å². The SMILES string of the molecule is CCOCCCNc1c(N[C@@H](Cc2ccc(C(=O)Nc3c(Cl)cncc3Cl)cc2)C(=O)O)c(=O)c1=O. The van der Waals surface area contributed by atoms with Crippen LogP contribution in [0.5, 0.6) is 0 Å². The number of benzene rings is 1. The van der Waals surface area contributed by atoms with Crippen LogP contribution in [0.1, 0.15) is 29.3 Å². The number of nitrogens with one attached hydrogen (secondary N) is 3. The lowest BCUT2D eigenvalue weighted by Gasteiger charge is -2.20. The van der Waals surface area contributed by atoms with Crippen molar-refractivity contribution in [2.75, 3.05) is 35.7 Å². The second-order valence-corrected chi connectivity index (χ2v) is 8.57. The van der Waals surface area contributed by atoms with Crippen molar-refractivity contribution in [3.63, 3.8) is 0 Å². The van der Waals surface area contributed by atoms with Crippen molar-refractivity contribution in [1.82, 2.24) is 4.98 Å². The minimum absolute atomic E-state index is 0.00182. The van der Waals surface area contributed by atoms with Gasteiger partial charge >= 0.3 is 5.97 Å². The number of ether oxygens (including phenoxy) is 1. The van der Waals surface area contributed by atoms with E-state index in [1.807, 2.05) is 6.92 Å². The number of nitrogens with zero attached hydrogens (tertiary/aromatic N) is 1. The smallest absolute Gasteiger partial charge is 0.326 e. The summed E-state index contributed by atoms with van der Waals surface area (Å²) in [7, 11) is 0. The highest BCUT2D eigenvalue weighted by Crippen LogP contribution is 2.29. The standard InChI is InChI=1S/C24H24Cl2N4O6/c1-2-36-9-3-8-28-19-20(22(32)21(19)31)29-17(24(34)35)10-13-4-6-14(7-5-13)23(33)30-18-15(25)11-27-12-16(18)26/h4-7,11-12,17,28-29H,2-3,8-10H2,1H3,(H,34,35)(H,27,30,33)/t17-/m0/s1. The molecule has 0 fully saturated rings. The minimum atomic E-state index is -1.20. The molecule has 10 nitrogen and oxygen atoms in total. The average Bonchev–Trinajstić information content (AvgIpc) is 2.86. The lowest BCUT2D eigenvalue weighted by molar-refractivity contribution is -0.137. The summed E-state index contributed by atoms with van der Waals surface area (Å²) in [6, 6.07) is 5.06. The van der Waals surface area contributed by atoms with Crippen molar-refractivity contribution >= 4 is 52.1 Å². The summed E-state index contributed by atoms with van der Waals surface area (Å²) in [5, 5.41) is 18.2. The van der Waals surface area contributed by atoms with Crippen molar-refractivity contribution in [2.45, 2.75) is 25.8 Å². The fourth-order valence-corrected chi connectivity index (χ4v) is 3.81. The highest BCUT2D eigenvalue weighted by molar-refractivity contribution is 6.39. The summed E-state index contributed by atoms with van der Waals surface area (Å²) >= 11 is 12.1. The summed E-state index contributed by atoms with van der Waals surface area (Å²) in [6.45, 7) is 3.34. The van der Waals surface area contributed by atoms with Crippen molar-refractivity contribution in [3.8, 4) is 0 Å². The van der Waals surface area contributed by atoms with E-state index >= 15 is 0 Å². The number of carbonyl (C=O) groups is 2. The van der Waals surface area contributed by atoms with Gasteiger partial charge < -0.3 is 25.8 Å². The molecule has 0 saturated heterocycles. The van der Waals surface area contributed by atoms with Crippen LogP contribution in [0.4, 0.5) is 17.1 Å². The highest BCUT2D eigenvalue weighted by Gasteiger charge is 2.26. The van der Waals surface area contributed by atoms with Gasteiger partial charge in [-0.25, -0.2) is 4.79 Å². The van der Waals surface area contributed by atoms with Crippen molar-refractivity contribution in [1.29, 1.82) is 0 Å². The fourth-order valence-electron chi connectivity index (χ4n) is 3.35. The van der Waals surface area contributed by atoms with Gasteiger partial charge in [-0.1, -0.05) is 35.3 Å². The third-order valence-corrected chi connectivity index (χ3v) is 5.82. The number of amides is 1. The Kier molecular flexibility index (Phi) is 9.40. The van der Waals surface area contributed by atoms with Crippen LogP contribution in [0.2, 0.25) is 10.0 Å². The predicted molar refractivity (Wildman–Crippen MR) is 138 cm³/mol. The molecule has 0 aliphatic carbocycles. The molecule has 0 spiro atoms. The number of rotatable bonds is 13. The number of anilines is 3. The summed E-state index contributed by atoms with van der Waals surface area (Å²) in [5.41, 5.74) is -0.321. The highest BCUT2D eigenvalue weighted by atomic mass is 35.5. The second-order valence-electron chi connectivity index (χ2n) is 7.75. The monoisotopic (exact) mass is 534 g/mol. The molecule has 190 valence electrons. The van der Waals surface area contributed by atoms with E-state index in [0.29, 0.717) is 37.3 Å². The number of carbonyl (C=O) groups excluding carboxylic acids is 1. The molecule has 0 aliphatic heterocycles. The summed E-state index contributed by atoms with van der Waals surface area (Å²) < 4.78 is 5.23. The molecule has 0 saturated carbocycles. The maximum atomic E-state index is 12.6. The molecule has 36 heavy (non-hydrogen) atoms. The number of aromatic nitrogens is 1. The molecule has 1 aromatic heterocycles. The van der Waals surface area contributed by atoms with Gasteiger partial charge in [0.05, 0.1) is 15.7 Å². The van der Waals surface area contributed by atoms with Crippen LogP contribution in [-0.4, -0.2) is 47.8 Å². The van der Waals surface area contributed by atoms with Gasteiger partial charge in [-0.3, -0.25) is 19.4 Å². The normalized spacial score (nSPS) is 11.8. The predicted octanol–water partition coefficient (Wildman–Crippen LogP) is 3.18. The van der Waals surface area contributed by atoms with Gasteiger partial charge in [-0.2, -0.15) is 0 Å². The van der Waals surface area contributed by atoms with Gasteiger partial charge in [-0.15, -0.1) is 0 Å². The second kappa shape index (κ2) is 12.5. The Balaban J connectivity index is 1.65. The van der Waals surface area contributed by atoms with Crippen LogP contribution < -0.4 is 26.8 Å². The molecule has 1 amide bonds. The molecule has 12 heteroatoms. The van der Waals surface area contributed by atoms with E-state index in [-0.39, 0.29) is 33.5 Å². The Bertz CT molecular complexity index is 1290. The average molecular weight is 535 g/mol. The van der Waals surface area contributed by atoms with Gasteiger partial charge in [0.15, 0.2) is 0 Å². The Morgan fingerprint density at radius 1 is 1.03 bits per heavy atom. The van der Waals surface area contributed by atoms with Gasteiger partial charge in [0.25, 0.3) is 16.8 Å². The quantitative estimate of drug-likeness (QED) is 0.191. The molecule has 1 heterocycles. The minimum Gasteiger partial charge on any atom is -0.480 e. The molecule has 0 bridgehead atoms. The molecule has 0 radical (unpaired) electrons. The summed E-state index contributed by atoms with van der Waals surface area (Å²) in [6.07, 6.45) is 3.32. The Hall–Kier alpha value is -3.47. The molecule has 1 atom stereocenters. The number of halogens is 2. The molecule has 3 aromatic rings. The van der Waals surface area contributed by atoms with E-state index in [2.05, 4.69) is 20.9 Å². The molecular formula is C24H24Cl2N4O6. The van der Waals surface area contributed by atoms with E-state index in [9.17, 15) is 24.3 Å². The molecule has 0 unspecified atom stereocenters. The first kappa shape index (κ1) is 27.1. The van der Waals surface area contributed by atoms with Gasteiger partial charge in [0.2, 0.25) is 0 Å². The van der Waals surface area contributed by atoms with Gasteiger partial charge in [-0.05, 0) is 31.0 Å². The van der Waals surface area contributed by atoms with Crippen molar-refractivity contribution in [2.24, 2.45) is 0 Å². The van der Waals surface area contributed by atoms with Gasteiger partial charge in [0, 0.05) is 44.1 Å². The fraction of sp³-hybridized carbons (Fsp3) is 0.292. The lowest BCUT2D eigenvalue weighted by atomic mass is 10.0. The van der Waals surface area contributed by atoms with Crippen LogP contribution in [-0.2, 0) is 16.0 Å². The number of carboxylic acid groups (broad SMARTS) is 1. The maximum absolute atomic E-state index is 12.6. The van der Waals surface area contributed by atoms with E-state index < -0.39 is 28.8 Å². The lowest BCUT2D eigenvalue weighted by Crippen LogP contribution is -2.42. The Morgan fingerprint density at radius 2 is 1.67 bits per heavy atom. The largest absolute Gasteiger partial charge is 0.480 e. The maximum Gasteiger partial charge on any atom is 0.326 e. The number of pyridine rings is 1. The zero-order valence-corrected chi connectivity index (χ0v) is 20.8. The molecule has 4 N–H and O–H groups in total. The Morgan fingerprint density at radius 3 is 2.28 bits per heavy atom. The zero-order valence-electron chi connectivity index (χ0n) is 19.3. The van der Waals surface area contributed by atoms with Crippen LogP contribution in [0.3, 0.4) is 0 Å². The number of hydrogen-bond donors (Lipinski definition) is 4. The van der Waals surface area contributed by atoms with Crippen LogP contribution >= 0.6 is 23.2 Å². The van der Waals surface area contributed by atoms with E-state index in [1.165, 1.54) is 24.5 Å². The molecule has 2 aromatic carbocycles. The van der Waals surface area contributed by atoms with Crippen molar-refractivity contribution < 1.29 is 19.4 Å². The van der Waals surface area contributed by atoms with E-state index in [1.54, 1.807) is 12.1 Å². The number of aliphatic carboxylic acids is 1. The van der Waals surface area contributed by atoms with E-state index in [0.717, 1.165) is 0 Å². The molecule has 0 aliphatic rings. The first-order valence-corrected chi connectivity index (χ1v) is 11.8. The first-order chi connectivity index (χ1) is 17.2. The number of carboxylic acids is 1.